The van der Waals surface area contributed by atoms with Gasteiger partial charge in [-0.25, -0.2) is 8.42 Å². The molecular formula is C20H37IN4O3S. The van der Waals surface area contributed by atoms with E-state index in [2.05, 4.69) is 29.5 Å². The average Bonchev–Trinajstić information content (AvgIpc) is 2.66. The lowest BCUT2D eigenvalue weighted by Gasteiger charge is -2.21. The molecule has 1 aromatic rings. The largest absolute Gasteiger partial charge is 0.380 e. The van der Waals surface area contributed by atoms with Crippen molar-refractivity contribution < 1.29 is 13.2 Å². The van der Waals surface area contributed by atoms with Crippen LogP contribution in [0, 0.1) is 5.92 Å². The summed E-state index contributed by atoms with van der Waals surface area (Å²) in [6.07, 6.45) is 1.06. The van der Waals surface area contributed by atoms with Crippen LogP contribution in [0.2, 0.25) is 0 Å². The van der Waals surface area contributed by atoms with E-state index in [9.17, 15) is 8.42 Å². The summed E-state index contributed by atoms with van der Waals surface area (Å²) in [5, 5.41) is 6.42. The van der Waals surface area contributed by atoms with Crippen LogP contribution in [0.5, 0.6) is 0 Å². The number of sulfonamides is 1. The fraction of sp³-hybridized carbons (Fsp3) is 0.650. The lowest BCUT2D eigenvalue weighted by molar-refractivity contribution is 0.128. The summed E-state index contributed by atoms with van der Waals surface area (Å²) in [7, 11) is -0.144. The van der Waals surface area contributed by atoms with Crippen molar-refractivity contribution in [3.63, 3.8) is 0 Å². The van der Waals surface area contributed by atoms with Gasteiger partial charge in [-0.1, -0.05) is 26.0 Å². The Morgan fingerprint density at radius 1 is 1.10 bits per heavy atom. The van der Waals surface area contributed by atoms with Gasteiger partial charge in [0.25, 0.3) is 0 Å². The van der Waals surface area contributed by atoms with Gasteiger partial charge in [0.2, 0.25) is 10.0 Å². The first-order chi connectivity index (χ1) is 13.2. The minimum absolute atomic E-state index is 0. The van der Waals surface area contributed by atoms with Crippen LogP contribution >= 0.6 is 24.0 Å². The molecule has 0 spiro atoms. The van der Waals surface area contributed by atoms with Crippen molar-refractivity contribution in [1.82, 2.24) is 14.9 Å². The molecule has 0 aliphatic rings. The van der Waals surface area contributed by atoms with Crippen molar-refractivity contribution >= 4 is 40.0 Å². The van der Waals surface area contributed by atoms with Crippen LogP contribution < -0.4 is 10.6 Å². The van der Waals surface area contributed by atoms with Crippen LogP contribution in [-0.4, -0.2) is 58.6 Å². The van der Waals surface area contributed by atoms with Crippen LogP contribution in [-0.2, 0) is 21.3 Å². The van der Waals surface area contributed by atoms with E-state index >= 15 is 0 Å². The topological polar surface area (TPSA) is 83.0 Å². The molecule has 2 N–H and O–H groups in total. The zero-order chi connectivity index (χ0) is 21.2. The highest BCUT2D eigenvalue weighted by Crippen LogP contribution is 2.17. The third-order valence-electron chi connectivity index (χ3n) is 4.39. The SMILES string of the molecule is CN=C(NCCOCCC(C)C)NCc1ccc(S(=O)(=O)N(C)C(C)C)cc1.I. The molecule has 0 aliphatic carbocycles. The number of guanidine groups is 1. The van der Waals surface area contributed by atoms with Crippen LogP contribution in [0.4, 0.5) is 0 Å². The Morgan fingerprint density at radius 2 is 1.72 bits per heavy atom. The number of rotatable bonds is 11. The highest BCUT2D eigenvalue weighted by Gasteiger charge is 2.22. The summed E-state index contributed by atoms with van der Waals surface area (Å²) in [6, 6.07) is 6.83. The highest BCUT2D eigenvalue weighted by molar-refractivity contribution is 14.0. The molecule has 0 amide bonds. The van der Waals surface area contributed by atoms with Gasteiger partial charge in [-0.05, 0) is 43.9 Å². The van der Waals surface area contributed by atoms with E-state index in [-0.39, 0.29) is 30.0 Å². The zero-order valence-corrected chi connectivity index (χ0v) is 21.6. The molecule has 0 saturated heterocycles. The number of benzene rings is 1. The maximum Gasteiger partial charge on any atom is 0.243 e. The van der Waals surface area contributed by atoms with Crippen LogP contribution in [0.3, 0.4) is 0 Å². The molecule has 0 aliphatic heterocycles. The lowest BCUT2D eigenvalue weighted by Crippen LogP contribution is -2.38. The highest BCUT2D eigenvalue weighted by atomic mass is 127. The second-order valence-electron chi connectivity index (χ2n) is 7.41. The van der Waals surface area contributed by atoms with Gasteiger partial charge in [0.15, 0.2) is 5.96 Å². The summed E-state index contributed by atoms with van der Waals surface area (Å²) < 4.78 is 31.9. The number of nitrogens with zero attached hydrogens (tertiary/aromatic N) is 2. The molecule has 168 valence electrons. The second-order valence-corrected chi connectivity index (χ2v) is 9.40. The first kappa shape index (κ1) is 28.1. The average molecular weight is 541 g/mol. The molecule has 0 unspecified atom stereocenters. The first-order valence-electron chi connectivity index (χ1n) is 9.77. The van der Waals surface area contributed by atoms with Gasteiger partial charge in [0.05, 0.1) is 11.5 Å². The van der Waals surface area contributed by atoms with E-state index < -0.39 is 10.0 Å². The van der Waals surface area contributed by atoms with Gasteiger partial charge in [-0.2, -0.15) is 4.31 Å². The summed E-state index contributed by atoms with van der Waals surface area (Å²) in [4.78, 5) is 4.48. The van der Waals surface area contributed by atoms with E-state index in [1.54, 1.807) is 26.2 Å². The Hall–Kier alpha value is -0.910. The Bertz CT molecular complexity index is 707. The van der Waals surface area contributed by atoms with E-state index in [0.717, 1.165) is 18.6 Å². The number of ether oxygens (including phenoxy) is 1. The fourth-order valence-corrected chi connectivity index (χ4v) is 3.66. The molecule has 9 heteroatoms. The number of nitrogens with one attached hydrogen (secondary N) is 2. The van der Waals surface area contributed by atoms with Crippen molar-refractivity contribution in [2.75, 3.05) is 33.9 Å². The minimum atomic E-state index is -3.45. The minimum Gasteiger partial charge on any atom is -0.380 e. The molecule has 0 atom stereocenters. The molecule has 0 aromatic heterocycles. The third kappa shape index (κ3) is 10.1. The Labute approximate surface area is 193 Å². The maximum absolute atomic E-state index is 12.5. The van der Waals surface area contributed by atoms with E-state index in [4.69, 9.17) is 4.74 Å². The normalized spacial score (nSPS) is 12.4. The molecule has 0 saturated carbocycles. The van der Waals surface area contributed by atoms with E-state index in [1.807, 2.05) is 26.0 Å². The van der Waals surface area contributed by atoms with Crippen molar-refractivity contribution in [3.05, 3.63) is 29.8 Å². The van der Waals surface area contributed by atoms with Crippen LogP contribution in [0.15, 0.2) is 34.2 Å². The number of halogens is 1. The molecule has 29 heavy (non-hydrogen) atoms. The summed E-state index contributed by atoms with van der Waals surface area (Å²) in [6.45, 7) is 10.7. The van der Waals surface area contributed by atoms with Crippen molar-refractivity contribution in [2.45, 2.75) is 51.6 Å². The van der Waals surface area contributed by atoms with Gasteiger partial charge < -0.3 is 15.4 Å². The van der Waals surface area contributed by atoms with Crippen molar-refractivity contribution in [1.29, 1.82) is 0 Å². The van der Waals surface area contributed by atoms with E-state index in [1.165, 1.54) is 4.31 Å². The monoisotopic (exact) mass is 540 g/mol. The Morgan fingerprint density at radius 3 is 2.24 bits per heavy atom. The van der Waals surface area contributed by atoms with Crippen molar-refractivity contribution in [2.24, 2.45) is 10.9 Å². The molecule has 0 radical (unpaired) electrons. The van der Waals surface area contributed by atoms with Crippen LogP contribution in [0.25, 0.3) is 0 Å². The van der Waals surface area contributed by atoms with Crippen molar-refractivity contribution in [3.8, 4) is 0 Å². The predicted molar refractivity (Wildman–Crippen MR) is 130 cm³/mol. The zero-order valence-electron chi connectivity index (χ0n) is 18.4. The molecule has 0 fully saturated rings. The summed E-state index contributed by atoms with van der Waals surface area (Å²) >= 11 is 0. The third-order valence-corrected chi connectivity index (χ3v) is 6.44. The van der Waals surface area contributed by atoms with Gasteiger partial charge in [-0.15, -0.1) is 24.0 Å². The fourth-order valence-electron chi connectivity index (χ4n) is 2.29. The molecule has 0 heterocycles. The van der Waals surface area contributed by atoms with Gasteiger partial charge in [0, 0.05) is 39.8 Å². The van der Waals surface area contributed by atoms with Gasteiger partial charge >= 0.3 is 0 Å². The number of hydrogen-bond acceptors (Lipinski definition) is 4. The van der Waals surface area contributed by atoms with E-state index in [0.29, 0.717) is 36.5 Å². The smallest absolute Gasteiger partial charge is 0.243 e. The standard InChI is InChI=1S/C20H36N4O3S.HI/c1-16(2)11-13-27-14-12-22-20(21-5)23-15-18-7-9-19(10-8-18)28(25,26)24(6)17(3)4;/h7-10,16-17H,11-15H2,1-6H3,(H2,21,22,23);1H. The molecule has 0 bridgehead atoms. The number of aliphatic imine (C=N–C) groups is 1. The molecule has 1 rings (SSSR count). The molecular weight excluding hydrogens is 503 g/mol. The van der Waals surface area contributed by atoms with Crippen LogP contribution in [0.1, 0.15) is 39.7 Å². The molecule has 7 nitrogen and oxygen atoms in total. The maximum atomic E-state index is 12.5. The quantitative estimate of drug-likeness (QED) is 0.195. The summed E-state index contributed by atoms with van der Waals surface area (Å²) in [5.74, 6) is 1.33. The second kappa shape index (κ2) is 14.2. The lowest BCUT2D eigenvalue weighted by atomic mass is 10.1. The Kier molecular flexibility index (Phi) is 13.7. The number of hydrogen-bond donors (Lipinski definition) is 2. The summed E-state index contributed by atoms with van der Waals surface area (Å²) in [5.41, 5.74) is 0.974. The van der Waals surface area contributed by atoms with Gasteiger partial charge in [-0.3, -0.25) is 4.99 Å². The predicted octanol–water partition coefficient (Wildman–Crippen LogP) is 3.06. The Balaban J connectivity index is 0.00000784. The van der Waals surface area contributed by atoms with Gasteiger partial charge in [0.1, 0.15) is 0 Å². The molecule has 1 aromatic carbocycles. The first-order valence-corrected chi connectivity index (χ1v) is 11.2.